The van der Waals surface area contributed by atoms with Gasteiger partial charge in [0.05, 0.1) is 0 Å². The third-order valence-corrected chi connectivity index (χ3v) is 16.6. The minimum absolute atomic E-state index is 0.0686. The molecule has 0 unspecified atom stereocenters. The van der Waals surface area contributed by atoms with Crippen molar-refractivity contribution in [1.29, 1.82) is 0 Å². The Bertz CT molecular complexity index is 1280. The number of allylic oxidation sites excluding steroid dienone is 6. The van der Waals surface area contributed by atoms with Gasteiger partial charge in [0.25, 0.3) is 0 Å². The van der Waals surface area contributed by atoms with Crippen molar-refractivity contribution in [2.45, 2.75) is 412 Å². The molecule has 0 radical (unpaired) electrons. The van der Waals surface area contributed by atoms with Gasteiger partial charge in [-0.2, -0.15) is 0 Å². The predicted octanol–water partition coefficient (Wildman–Crippen LogP) is 25.1. The van der Waals surface area contributed by atoms with Crippen molar-refractivity contribution in [2.75, 3.05) is 13.2 Å². The molecule has 0 rings (SSSR count). The highest BCUT2D eigenvalue weighted by atomic mass is 16.6. The Labute approximate surface area is 506 Å². The first-order valence-corrected chi connectivity index (χ1v) is 36.5. The molecule has 0 aliphatic heterocycles. The highest BCUT2D eigenvalue weighted by molar-refractivity contribution is 5.71. The molecule has 0 aliphatic rings. The van der Waals surface area contributed by atoms with Crippen molar-refractivity contribution in [3.63, 3.8) is 0 Å². The van der Waals surface area contributed by atoms with Crippen LogP contribution < -0.4 is 0 Å². The molecule has 0 aromatic heterocycles. The molecule has 0 aliphatic carbocycles. The Kier molecular flexibility index (Phi) is 68.1. The number of esters is 3. The molecule has 0 atom stereocenters. The molecule has 0 heterocycles. The van der Waals surface area contributed by atoms with Crippen molar-refractivity contribution < 1.29 is 28.6 Å². The molecule has 0 saturated heterocycles. The fourth-order valence-electron chi connectivity index (χ4n) is 11.1. The minimum atomic E-state index is -0.773. The Morgan fingerprint density at radius 1 is 0.235 bits per heavy atom. The number of hydrogen-bond acceptors (Lipinski definition) is 6. The van der Waals surface area contributed by atoms with Crippen molar-refractivity contribution >= 4 is 17.9 Å². The van der Waals surface area contributed by atoms with E-state index in [9.17, 15) is 14.4 Å². The van der Waals surface area contributed by atoms with Crippen LogP contribution in [0.1, 0.15) is 406 Å². The third-order valence-electron chi connectivity index (χ3n) is 16.6. The van der Waals surface area contributed by atoms with Crippen LogP contribution in [-0.4, -0.2) is 37.2 Å². The zero-order chi connectivity index (χ0) is 58.5. The summed E-state index contributed by atoms with van der Waals surface area (Å²) in [6.07, 6.45) is 87.4. The van der Waals surface area contributed by atoms with E-state index in [1.165, 1.54) is 308 Å². The van der Waals surface area contributed by atoms with E-state index in [0.717, 1.165) is 57.8 Å². The lowest BCUT2D eigenvalue weighted by atomic mass is 10.0. The minimum Gasteiger partial charge on any atom is -0.462 e. The van der Waals surface area contributed by atoms with E-state index in [1.54, 1.807) is 0 Å². The number of hydrogen-bond donors (Lipinski definition) is 0. The summed E-state index contributed by atoms with van der Waals surface area (Å²) in [6, 6.07) is 0. The lowest BCUT2D eigenvalue weighted by molar-refractivity contribution is -0.167. The summed E-state index contributed by atoms with van der Waals surface area (Å²) in [6.45, 7) is 6.71. The van der Waals surface area contributed by atoms with Crippen LogP contribution in [0.2, 0.25) is 0 Å². The number of rotatable bonds is 68. The smallest absolute Gasteiger partial charge is 0.306 e. The van der Waals surface area contributed by atoms with Gasteiger partial charge in [0.15, 0.2) is 6.10 Å². The molecule has 0 amide bonds. The highest BCUT2D eigenvalue weighted by Crippen LogP contribution is 2.18. The maximum atomic E-state index is 13.0. The van der Waals surface area contributed by atoms with E-state index in [0.29, 0.717) is 19.3 Å². The van der Waals surface area contributed by atoms with Gasteiger partial charge in [-0.25, -0.2) is 0 Å². The Hall–Kier alpha value is -2.37. The van der Waals surface area contributed by atoms with Crippen molar-refractivity contribution in [2.24, 2.45) is 0 Å². The van der Waals surface area contributed by atoms with Crippen LogP contribution in [0.3, 0.4) is 0 Å². The molecule has 6 nitrogen and oxygen atoms in total. The Balaban J connectivity index is 4.32. The average Bonchev–Trinajstić information content (AvgIpc) is 3.47. The maximum Gasteiger partial charge on any atom is 0.306 e. The van der Waals surface area contributed by atoms with Crippen LogP contribution in [0.5, 0.6) is 0 Å². The summed E-state index contributed by atoms with van der Waals surface area (Å²) in [5.74, 6) is -0.840. The molecular formula is C75H140O6. The van der Waals surface area contributed by atoms with Gasteiger partial charge in [-0.15, -0.1) is 0 Å². The second-order valence-electron chi connectivity index (χ2n) is 24.8. The average molecular weight is 1140 g/mol. The van der Waals surface area contributed by atoms with Crippen molar-refractivity contribution in [3.8, 4) is 0 Å². The van der Waals surface area contributed by atoms with Gasteiger partial charge >= 0.3 is 17.9 Å². The van der Waals surface area contributed by atoms with E-state index >= 15 is 0 Å². The van der Waals surface area contributed by atoms with E-state index < -0.39 is 6.10 Å². The third kappa shape index (κ3) is 68.3. The largest absolute Gasteiger partial charge is 0.462 e. The number of unbranched alkanes of at least 4 members (excludes halogenated alkanes) is 51. The van der Waals surface area contributed by atoms with E-state index in [4.69, 9.17) is 14.2 Å². The van der Waals surface area contributed by atoms with Gasteiger partial charge in [-0.05, 0) is 96.3 Å². The zero-order valence-corrected chi connectivity index (χ0v) is 54.8. The van der Waals surface area contributed by atoms with Crippen LogP contribution in [0.15, 0.2) is 36.5 Å². The number of carbonyl (C=O) groups excluding carboxylic acids is 3. The predicted molar refractivity (Wildman–Crippen MR) is 353 cm³/mol. The standard InChI is InChI=1S/C75H140O6/c1-4-7-10-13-16-19-22-25-28-31-34-37-40-43-46-49-52-55-58-61-64-67-73(76)79-70-72(81-75(78)69-66-63-60-57-54-51-48-45-42-39-36-33-30-27-24-21-18-15-12-9-6-3)71-80-74(77)68-65-62-59-56-53-50-47-44-41-38-35-32-29-26-23-20-17-14-11-8-5-2/h25-30,72H,4-24,31-71H2,1-3H3/b28-25-,29-26-,30-27-. The molecular weight excluding hydrogens is 997 g/mol. The normalized spacial score (nSPS) is 11.9. The SMILES string of the molecule is CCCCCCCC/C=C\CCCCCCCCCCCCCC(=O)OCC(COC(=O)CCCCCCCCCCCCC/C=C\CCCCCCCC)OC(=O)CCCCCCCCCCCCC/C=C\CCCCCCCC. The maximum absolute atomic E-state index is 13.0. The monoisotopic (exact) mass is 1140 g/mol. The van der Waals surface area contributed by atoms with E-state index in [1.807, 2.05) is 0 Å². The van der Waals surface area contributed by atoms with Crippen LogP contribution in [0.25, 0.3) is 0 Å². The molecule has 81 heavy (non-hydrogen) atoms. The Morgan fingerprint density at radius 2 is 0.407 bits per heavy atom. The van der Waals surface area contributed by atoms with Gasteiger partial charge in [0.2, 0.25) is 0 Å². The van der Waals surface area contributed by atoms with Crippen molar-refractivity contribution in [1.82, 2.24) is 0 Å². The quantitative estimate of drug-likeness (QED) is 0.0261. The number of carbonyl (C=O) groups is 3. The fraction of sp³-hybridized carbons (Fsp3) is 0.880. The van der Waals surface area contributed by atoms with Crippen LogP contribution in [0, 0.1) is 0 Å². The van der Waals surface area contributed by atoms with Crippen LogP contribution in [-0.2, 0) is 28.6 Å². The summed E-state index contributed by atoms with van der Waals surface area (Å²) < 4.78 is 17.0. The van der Waals surface area contributed by atoms with Gasteiger partial charge in [-0.1, -0.05) is 327 Å². The highest BCUT2D eigenvalue weighted by Gasteiger charge is 2.19. The molecule has 0 fully saturated rings. The molecule has 0 N–H and O–H groups in total. The molecule has 0 aromatic rings. The van der Waals surface area contributed by atoms with Gasteiger partial charge < -0.3 is 14.2 Å². The van der Waals surface area contributed by atoms with Crippen LogP contribution >= 0.6 is 0 Å². The van der Waals surface area contributed by atoms with E-state index in [-0.39, 0.29) is 31.1 Å². The summed E-state index contributed by atoms with van der Waals surface area (Å²) in [7, 11) is 0. The van der Waals surface area contributed by atoms with Gasteiger partial charge in [-0.3, -0.25) is 14.4 Å². The molecule has 6 heteroatoms. The summed E-state index contributed by atoms with van der Waals surface area (Å²) in [5.41, 5.74) is 0. The topological polar surface area (TPSA) is 78.9 Å². The lowest BCUT2D eigenvalue weighted by Gasteiger charge is -2.18. The molecule has 0 spiro atoms. The van der Waals surface area contributed by atoms with E-state index in [2.05, 4.69) is 57.2 Å². The molecule has 476 valence electrons. The summed E-state index contributed by atoms with van der Waals surface area (Å²) >= 11 is 0. The second kappa shape index (κ2) is 70.1. The van der Waals surface area contributed by atoms with Gasteiger partial charge in [0, 0.05) is 19.3 Å². The first-order valence-electron chi connectivity index (χ1n) is 36.5. The summed E-state index contributed by atoms with van der Waals surface area (Å²) in [4.78, 5) is 38.5. The molecule has 0 bridgehead atoms. The number of ether oxygens (including phenoxy) is 3. The first-order chi connectivity index (χ1) is 40.0. The first kappa shape index (κ1) is 78.6. The van der Waals surface area contributed by atoms with Gasteiger partial charge in [0.1, 0.15) is 13.2 Å². The molecule has 0 aromatic carbocycles. The fourth-order valence-corrected chi connectivity index (χ4v) is 11.1. The Morgan fingerprint density at radius 3 is 0.617 bits per heavy atom. The van der Waals surface area contributed by atoms with Crippen molar-refractivity contribution in [3.05, 3.63) is 36.5 Å². The summed E-state index contributed by atoms with van der Waals surface area (Å²) in [5, 5.41) is 0. The second-order valence-corrected chi connectivity index (χ2v) is 24.8. The zero-order valence-electron chi connectivity index (χ0n) is 54.8. The van der Waals surface area contributed by atoms with Crippen LogP contribution in [0.4, 0.5) is 0 Å². The molecule has 0 saturated carbocycles. The lowest BCUT2D eigenvalue weighted by Crippen LogP contribution is -2.30.